The summed E-state index contributed by atoms with van der Waals surface area (Å²) in [4.78, 5) is 0. The third-order valence-corrected chi connectivity index (χ3v) is 8.27. The molecule has 2 heteroatoms. The highest BCUT2D eigenvalue weighted by atomic mass is 16.5. The number of benzene rings is 5. The Kier molecular flexibility index (Phi) is 4.57. The zero-order valence-corrected chi connectivity index (χ0v) is 21.1. The van der Waals surface area contributed by atoms with Gasteiger partial charge < -0.3 is 4.74 Å². The van der Waals surface area contributed by atoms with Crippen LogP contribution in [-0.2, 0) is 0 Å². The molecule has 0 amide bonds. The molecule has 172 valence electrons. The third-order valence-electron chi connectivity index (χ3n) is 8.27. The molecule has 0 spiro atoms. The molecule has 0 radical (unpaired) electrons. The van der Waals surface area contributed by atoms with Crippen LogP contribution >= 0.6 is 0 Å². The highest BCUT2D eigenvalue weighted by molar-refractivity contribution is 6.98. The zero-order chi connectivity index (χ0) is 24.6. The quantitative estimate of drug-likeness (QED) is 0.224. The number of hydrogen-bond donors (Lipinski definition) is 0. The Morgan fingerprint density at radius 3 is 1.75 bits per heavy atom. The van der Waals surface area contributed by atoms with Gasteiger partial charge in [-0.3, -0.25) is 0 Å². The molecule has 0 fully saturated rings. The minimum atomic E-state index is 0.0766. The molecule has 0 saturated heterocycles. The summed E-state index contributed by atoms with van der Waals surface area (Å²) in [6, 6.07) is 33.5. The molecule has 5 aromatic rings. The first-order chi connectivity index (χ1) is 17.5. The Bertz CT molecular complexity index is 1710. The summed E-state index contributed by atoms with van der Waals surface area (Å²) in [6.07, 6.45) is 0. The fourth-order valence-corrected chi connectivity index (χ4v) is 6.23. The molecule has 2 aliphatic rings. The van der Waals surface area contributed by atoms with E-state index in [-0.39, 0.29) is 6.71 Å². The van der Waals surface area contributed by atoms with Gasteiger partial charge in [0.25, 0.3) is 6.71 Å². The lowest BCUT2D eigenvalue weighted by atomic mass is 9.34. The second kappa shape index (κ2) is 7.73. The summed E-state index contributed by atoms with van der Waals surface area (Å²) < 4.78 is 6.74. The summed E-state index contributed by atoms with van der Waals surface area (Å²) >= 11 is 0. The molecule has 2 heterocycles. The van der Waals surface area contributed by atoms with Gasteiger partial charge >= 0.3 is 0 Å². The van der Waals surface area contributed by atoms with E-state index in [1.807, 2.05) is 0 Å². The minimum Gasteiger partial charge on any atom is -0.458 e. The van der Waals surface area contributed by atoms with E-state index in [9.17, 15) is 0 Å². The average Bonchev–Trinajstić information content (AvgIpc) is 2.94. The molecule has 0 aromatic heterocycles. The summed E-state index contributed by atoms with van der Waals surface area (Å²) in [7, 11) is 0. The first-order valence-electron chi connectivity index (χ1n) is 12.7. The molecule has 0 saturated carbocycles. The van der Waals surface area contributed by atoms with Crippen LogP contribution in [0.25, 0.3) is 33.4 Å². The van der Waals surface area contributed by atoms with Crippen LogP contribution in [0.2, 0.25) is 0 Å². The predicted molar refractivity (Wildman–Crippen MR) is 153 cm³/mol. The van der Waals surface area contributed by atoms with E-state index in [1.54, 1.807) is 0 Å². The smallest absolute Gasteiger partial charge is 0.252 e. The third kappa shape index (κ3) is 2.91. The van der Waals surface area contributed by atoms with Crippen LogP contribution in [0.1, 0.15) is 22.3 Å². The van der Waals surface area contributed by atoms with E-state index >= 15 is 0 Å². The Labute approximate surface area is 213 Å². The molecule has 5 aromatic carbocycles. The van der Waals surface area contributed by atoms with Gasteiger partial charge in [0.15, 0.2) is 0 Å². The molecule has 0 unspecified atom stereocenters. The van der Waals surface area contributed by atoms with Crippen molar-refractivity contribution < 1.29 is 4.74 Å². The van der Waals surface area contributed by atoms with E-state index in [2.05, 4.69) is 119 Å². The SMILES string of the molecule is Cc1cc2c(cc1C)B1c3ccccc3-c3ccccc3-c3ccccc3-c3c(C)c(C)cc(c31)O2. The second-order valence-electron chi connectivity index (χ2n) is 10.3. The summed E-state index contributed by atoms with van der Waals surface area (Å²) in [5, 5.41) is 0. The number of aryl methyl sites for hydroxylation is 3. The summed E-state index contributed by atoms with van der Waals surface area (Å²) in [6.45, 7) is 8.93. The standard InChI is InChI=1S/C34H27BO/c1-20-17-30-31(18-21(20)2)36-32-19-22(3)23(4)33-28-15-8-7-13-26(28)24-11-5-6-12-25(24)27-14-9-10-16-29(27)35(30)34(32)33/h5-19H,1-4H3. The van der Waals surface area contributed by atoms with Crippen LogP contribution in [0, 0.1) is 27.7 Å². The van der Waals surface area contributed by atoms with Gasteiger partial charge in [-0.1, -0.05) is 84.3 Å². The van der Waals surface area contributed by atoms with Crippen molar-refractivity contribution in [1.29, 1.82) is 0 Å². The molecule has 0 bridgehead atoms. The number of fused-ring (bicyclic) bond motifs is 9. The highest BCUT2D eigenvalue weighted by Gasteiger charge is 2.38. The lowest BCUT2D eigenvalue weighted by Crippen LogP contribution is -2.56. The Hall–Kier alpha value is -4.04. The van der Waals surface area contributed by atoms with Crippen LogP contribution in [-0.4, -0.2) is 6.71 Å². The first-order valence-corrected chi connectivity index (χ1v) is 12.7. The van der Waals surface area contributed by atoms with E-state index in [4.69, 9.17) is 4.74 Å². The fourth-order valence-electron chi connectivity index (χ4n) is 6.23. The van der Waals surface area contributed by atoms with Gasteiger partial charge in [0.2, 0.25) is 0 Å². The van der Waals surface area contributed by atoms with Crippen molar-refractivity contribution in [2.24, 2.45) is 0 Å². The molecular formula is C34H27BO. The van der Waals surface area contributed by atoms with Gasteiger partial charge in [-0.15, -0.1) is 0 Å². The van der Waals surface area contributed by atoms with Gasteiger partial charge in [0, 0.05) is 0 Å². The van der Waals surface area contributed by atoms with Crippen LogP contribution in [0.15, 0.2) is 91.0 Å². The zero-order valence-electron chi connectivity index (χ0n) is 21.1. The summed E-state index contributed by atoms with van der Waals surface area (Å²) in [5.41, 5.74) is 16.7. The van der Waals surface area contributed by atoms with Gasteiger partial charge in [-0.25, -0.2) is 0 Å². The van der Waals surface area contributed by atoms with Gasteiger partial charge in [-0.2, -0.15) is 0 Å². The van der Waals surface area contributed by atoms with Crippen molar-refractivity contribution in [3.8, 4) is 44.9 Å². The maximum Gasteiger partial charge on any atom is 0.252 e. The molecule has 2 aliphatic heterocycles. The molecule has 0 N–H and O–H groups in total. The Balaban J connectivity index is 1.73. The van der Waals surface area contributed by atoms with Gasteiger partial charge in [-0.05, 0) is 106 Å². The summed E-state index contributed by atoms with van der Waals surface area (Å²) in [5.74, 6) is 1.95. The fraction of sp³-hybridized carbons (Fsp3) is 0.118. The maximum atomic E-state index is 6.74. The highest BCUT2D eigenvalue weighted by Crippen LogP contribution is 2.43. The largest absolute Gasteiger partial charge is 0.458 e. The van der Waals surface area contributed by atoms with Gasteiger partial charge in [0.05, 0.1) is 0 Å². The van der Waals surface area contributed by atoms with E-state index in [1.165, 1.54) is 72.0 Å². The molecule has 1 nitrogen and oxygen atoms in total. The van der Waals surface area contributed by atoms with E-state index in [0.29, 0.717) is 0 Å². The van der Waals surface area contributed by atoms with Crippen molar-refractivity contribution in [3.63, 3.8) is 0 Å². The van der Waals surface area contributed by atoms with Crippen molar-refractivity contribution in [3.05, 3.63) is 113 Å². The Morgan fingerprint density at radius 1 is 0.500 bits per heavy atom. The monoisotopic (exact) mass is 462 g/mol. The molecular weight excluding hydrogens is 435 g/mol. The Morgan fingerprint density at radius 2 is 1.03 bits per heavy atom. The normalized spacial score (nSPS) is 12.6. The van der Waals surface area contributed by atoms with Gasteiger partial charge in [0.1, 0.15) is 11.5 Å². The molecule has 36 heavy (non-hydrogen) atoms. The molecule has 0 aliphatic carbocycles. The van der Waals surface area contributed by atoms with Crippen molar-refractivity contribution in [2.75, 3.05) is 0 Å². The minimum absolute atomic E-state index is 0.0766. The lowest BCUT2D eigenvalue weighted by molar-refractivity contribution is 0.486. The number of rotatable bonds is 0. The molecule has 7 rings (SSSR count). The van der Waals surface area contributed by atoms with E-state index < -0.39 is 0 Å². The predicted octanol–water partition coefficient (Wildman–Crippen LogP) is 6.86. The van der Waals surface area contributed by atoms with Crippen molar-refractivity contribution >= 4 is 23.1 Å². The number of ether oxygens (including phenoxy) is 1. The van der Waals surface area contributed by atoms with Crippen molar-refractivity contribution in [2.45, 2.75) is 27.7 Å². The first kappa shape index (κ1) is 21.3. The maximum absolute atomic E-state index is 6.74. The van der Waals surface area contributed by atoms with Crippen LogP contribution in [0.3, 0.4) is 0 Å². The van der Waals surface area contributed by atoms with E-state index in [0.717, 1.165) is 11.5 Å². The lowest BCUT2D eigenvalue weighted by Gasteiger charge is -2.32. The average molecular weight is 462 g/mol. The van der Waals surface area contributed by atoms with Crippen molar-refractivity contribution in [1.82, 2.24) is 0 Å². The topological polar surface area (TPSA) is 9.23 Å². The number of hydrogen-bond acceptors (Lipinski definition) is 1. The van der Waals surface area contributed by atoms with Crippen LogP contribution in [0.4, 0.5) is 0 Å². The second-order valence-corrected chi connectivity index (χ2v) is 10.3. The molecule has 0 atom stereocenters. The van der Waals surface area contributed by atoms with Crippen LogP contribution in [0.5, 0.6) is 11.5 Å². The van der Waals surface area contributed by atoms with Crippen LogP contribution < -0.4 is 21.1 Å².